The Balaban J connectivity index is 1.65. The van der Waals surface area contributed by atoms with Crippen molar-refractivity contribution in [3.8, 4) is 17.2 Å². The molecule has 184 valence electrons. The predicted octanol–water partition coefficient (Wildman–Crippen LogP) is 3.11. The van der Waals surface area contributed by atoms with Crippen LogP contribution in [0.2, 0.25) is 5.02 Å². The van der Waals surface area contributed by atoms with Crippen molar-refractivity contribution in [2.75, 3.05) is 21.3 Å². The topological polar surface area (TPSA) is 103 Å². The zero-order valence-corrected chi connectivity index (χ0v) is 20.7. The van der Waals surface area contributed by atoms with Crippen molar-refractivity contribution >= 4 is 29.1 Å². The molecule has 0 aromatic heterocycles. The zero-order chi connectivity index (χ0) is 25.3. The summed E-state index contributed by atoms with van der Waals surface area (Å²) < 4.78 is 16.7. The second-order valence-corrected chi connectivity index (χ2v) is 8.98. The molecule has 0 saturated carbocycles. The number of hydrogen-bond donors (Lipinski definition) is 2. The van der Waals surface area contributed by atoms with Gasteiger partial charge in [0.2, 0.25) is 23.1 Å². The lowest BCUT2D eigenvalue weighted by Crippen LogP contribution is -2.56. The first kappa shape index (κ1) is 24.6. The summed E-state index contributed by atoms with van der Waals surface area (Å²) in [6, 6.07) is 10.5. The highest BCUT2D eigenvalue weighted by molar-refractivity contribution is 6.36. The van der Waals surface area contributed by atoms with Crippen molar-refractivity contribution in [2.45, 2.75) is 31.4 Å². The molecule has 2 aromatic rings. The van der Waals surface area contributed by atoms with Crippen LogP contribution in [-0.4, -0.2) is 50.4 Å². The Morgan fingerprint density at radius 2 is 1.89 bits per heavy atom. The summed E-state index contributed by atoms with van der Waals surface area (Å²) in [4.78, 5) is 39.7. The van der Waals surface area contributed by atoms with Gasteiger partial charge in [-0.3, -0.25) is 14.4 Å². The maximum Gasteiger partial charge on any atom is 0.242 e. The Labute approximate surface area is 208 Å². The van der Waals surface area contributed by atoms with Crippen molar-refractivity contribution in [1.82, 2.24) is 10.6 Å². The Hall–Kier alpha value is -3.52. The Kier molecular flexibility index (Phi) is 6.76. The standard InChI is InChI=1S/C26H27ClN2O6/c1-14-10-16(29-17(25(32)28-2)11-15-8-6-5-7-9-15)12-20(30)26(14)24(31)21-18(33-3)13-19(34-4)22(27)23(21)35-26/h5-9,12-14,17,29H,10-11H2,1-4H3,(H,28,32)/t14-,17+,26+/m1/s1. The number of Topliss-reactive ketones (excluding diaryl/α,β-unsaturated/α-hetero) is 1. The molecule has 1 aliphatic carbocycles. The fourth-order valence-electron chi connectivity index (χ4n) is 4.69. The summed E-state index contributed by atoms with van der Waals surface area (Å²) in [6.45, 7) is 1.76. The Morgan fingerprint density at radius 1 is 1.20 bits per heavy atom. The minimum absolute atomic E-state index is 0.0743. The molecular weight excluding hydrogens is 472 g/mol. The highest BCUT2D eigenvalue weighted by Gasteiger charge is 2.60. The number of ketones is 2. The van der Waals surface area contributed by atoms with Crippen LogP contribution in [0.1, 0.15) is 29.3 Å². The van der Waals surface area contributed by atoms with Crippen LogP contribution in [0.5, 0.6) is 17.2 Å². The van der Waals surface area contributed by atoms with Crippen LogP contribution >= 0.6 is 11.6 Å². The second kappa shape index (κ2) is 9.62. The summed E-state index contributed by atoms with van der Waals surface area (Å²) in [7, 11) is 4.42. The van der Waals surface area contributed by atoms with E-state index in [1.165, 1.54) is 26.4 Å². The van der Waals surface area contributed by atoms with E-state index >= 15 is 0 Å². The van der Waals surface area contributed by atoms with Crippen molar-refractivity contribution in [2.24, 2.45) is 5.92 Å². The SMILES string of the molecule is CNC(=O)[C@H](Cc1ccccc1)NC1=CC(=O)[C@@]2(Oc3c(Cl)c(OC)cc(OC)c3C2=O)[C@H](C)C1. The van der Waals surface area contributed by atoms with Crippen LogP contribution in [0.15, 0.2) is 48.2 Å². The number of methoxy groups -OCH3 is 2. The van der Waals surface area contributed by atoms with E-state index in [1.54, 1.807) is 14.0 Å². The monoisotopic (exact) mass is 498 g/mol. The second-order valence-electron chi connectivity index (χ2n) is 8.61. The maximum atomic E-state index is 13.6. The minimum atomic E-state index is -1.77. The van der Waals surface area contributed by atoms with E-state index in [-0.39, 0.29) is 33.7 Å². The molecule has 8 nitrogen and oxygen atoms in total. The zero-order valence-electron chi connectivity index (χ0n) is 19.9. The van der Waals surface area contributed by atoms with E-state index in [4.69, 9.17) is 25.8 Å². The van der Waals surface area contributed by atoms with E-state index in [0.717, 1.165) is 5.56 Å². The summed E-state index contributed by atoms with van der Waals surface area (Å²) in [5.74, 6) is -1.21. The molecule has 1 aliphatic heterocycles. The molecule has 0 bridgehead atoms. The molecule has 0 saturated heterocycles. The lowest BCUT2D eigenvalue weighted by atomic mass is 9.74. The highest BCUT2D eigenvalue weighted by Crippen LogP contribution is 2.52. The van der Waals surface area contributed by atoms with Crippen LogP contribution < -0.4 is 24.8 Å². The lowest BCUT2D eigenvalue weighted by Gasteiger charge is -2.36. The number of halogens is 1. The number of rotatable bonds is 7. The number of carbonyl (C=O) groups excluding carboxylic acids is 3. The van der Waals surface area contributed by atoms with Crippen LogP contribution in [0.4, 0.5) is 0 Å². The van der Waals surface area contributed by atoms with Crippen molar-refractivity contribution < 1.29 is 28.6 Å². The summed E-state index contributed by atoms with van der Waals surface area (Å²) >= 11 is 6.43. The first-order valence-corrected chi connectivity index (χ1v) is 11.6. The van der Waals surface area contributed by atoms with Gasteiger partial charge in [0.25, 0.3) is 0 Å². The van der Waals surface area contributed by atoms with E-state index < -0.39 is 29.1 Å². The Bertz CT molecular complexity index is 1210. The van der Waals surface area contributed by atoms with Gasteiger partial charge in [0.05, 0.1) is 14.2 Å². The molecule has 2 N–H and O–H groups in total. The third-order valence-electron chi connectivity index (χ3n) is 6.52. The van der Waals surface area contributed by atoms with Gasteiger partial charge in [-0.25, -0.2) is 0 Å². The van der Waals surface area contributed by atoms with E-state index in [2.05, 4.69) is 10.6 Å². The third-order valence-corrected chi connectivity index (χ3v) is 6.87. The number of nitrogens with one attached hydrogen (secondary N) is 2. The van der Waals surface area contributed by atoms with Gasteiger partial charge < -0.3 is 24.8 Å². The molecule has 35 heavy (non-hydrogen) atoms. The van der Waals surface area contributed by atoms with Crippen LogP contribution in [0, 0.1) is 5.92 Å². The number of allylic oxidation sites excluding steroid dienone is 1. The minimum Gasteiger partial charge on any atom is -0.496 e. The number of ether oxygens (including phenoxy) is 3. The van der Waals surface area contributed by atoms with E-state index in [9.17, 15) is 14.4 Å². The first-order chi connectivity index (χ1) is 16.8. The smallest absolute Gasteiger partial charge is 0.242 e. The number of fused-ring (bicyclic) bond motifs is 1. The number of likely N-dealkylation sites (N-methyl/N-ethyl adjacent to an activating group) is 1. The van der Waals surface area contributed by atoms with Gasteiger partial charge in [-0.1, -0.05) is 48.9 Å². The van der Waals surface area contributed by atoms with Gasteiger partial charge in [-0.15, -0.1) is 0 Å². The molecule has 3 atom stereocenters. The average molecular weight is 499 g/mol. The van der Waals surface area contributed by atoms with Crippen molar-refractivity contribution in [1.29, 1.82) is 0 Å². The molecule has 0 unspecified atom stereocenters. The van der Waals surface area contributed by atoms with Gasteiger partial charge in [0.15, 0.2) is 5.75 Å². The molecule has 1 heterocycles. The van der Waals surface area contributed by atoms with Gasteiger partial charge in [0.1, 0.15) is 28.1 Å². The molecule has 2 aromatic carbocycles. The fraction of sp³-hybridized carbons (Fsp3) is 0.346. The number of hydrogen-bond acceptors (Lipinski definition) is 7. The molecule has 4 rings (SSSR count). The van der Waals surface area contributed by atoms with Crippen molar-refractivity contribution in [3.05, 3.63) is 64.3 Å². The first-order valence-electron chi connectivity index (χ1n) is 11.2. The Morgan fingerprint density at radius 3 is 2.49 bits per heavy atom. The molecule has 1 amide bonds. The summed E-state index contributed by atoms with van der Waals surface area (Å²) in [5, 5.41) is 5.96. The van der Waals surface area contributed by atoms with Crippen LogP contribution in [-0.2, 0) is 16.0 Å². The molecular formula is C26H27ClN2O6. The molecule has 2 aliphatic rings. The largest absolute Gasteiger partial charge is 0.496 e. The van der Waals surface area contributed by atoms with Crippen molar-refractivity contribution in [3.63, 3.8) is 0 Å². The highest BCUT2D eigenvalue weighted by atomic mass is 35.5. The van der Waals surface area contributed by atoms with Crippen LogP contribution in [0.25, 0.3) is 0 Å². The molecule has 0 radical (unpaired) electrons. The lowest BCUT2D eigenvalue weighted by molar-refractivity contribution is -0.129. The maximum absolute atomic E-state index is 13.6. The third kappa shape index (κ3) is 4.12. The number of amides is 1. The van der Waals surface area contributed by atoms with Gasteiger partial charge in [-0.2, -0.15) is 0 Å². The van der Waals surface area contributed by atoms with Crippen LogP contribution in [0.3, 0.4) is 0 Å². The summed E-state index contributed by atoms with van der Waals surface area (Å²) in [6.07, 6.45) is 2.09. The average Bonchev–Trinajstić information content (AvgIpc) is 3.17. The number of benzene rings is 2. The fourth-order valence-corrected chi connectivity index (χ4v) is 4.95. The van der Waals surface area contributed by atoms with E-state index in [1.807, 2.05) is 30.3 Å². The van der Waals surface area contributed by atoms with Gasteiger partial charge in [0, 0.05) is 37.2 Å². The van der Waals surface area contributed by atoms with E-state index in [0.29, 0.717) is 18.5 Å². The number of carbonyl (C=O) groups is 3. The summed E-state index contributed by atoms with van der Waals surface area (Å²) in [5.41, 5.74) is -0.115. The predicted molar refractivity (Wildman–Crippen MR) is 130 cm³/mol. The van der Waals surface area contributed by atoms with Gasteiger partial charge in [-0.05, 0) is 12.0 Å². The normalized spacial score (nSPS) is 21.6. The molecule has 1 spiro atoms. The molecule has 9 heteroatoms. The van der Waals surface area contributed by atoms with Gasteiger partial charge >= 0.3 is 0 Å². The molecule has 0 fully saturated rings. The quantitative estimate of drug-likeness (QED) is 0.565.